The molecule has 0 aliphatic carbocycles. The van der Waals surface area contributed by atoms with Crippen LogP contribution in [0.1, 0.15) is 44.9 Å². The Balaban J connectivity index is 0.00000312. The van der Waals surface area contributed by atoms with Crippen LogP contribution in [-0.4, -0.2) is 61.6 Å². The number of guanidine groups is 1. The van der Waals surface area contributed by atoms with Gasteiger partial charge in [-0.25, -0.2) is 0 Å². The van der Waals surface area contributed by atoms with Crippen LogP contribution in [-0.2, 0) is 0 Å². The molecule has 6 heteroatoms. The van der Waals surface area contributed by atoms with Crippen molar-refractivity contribution in [3.8, 4) is 0 Å². The topological polar surface area (TPSA) is 30.9 Å². The zero-order chi connectivity index (χ0) is 17.4. The van der Waals surface area contributed by atoms with Gasteiger partial charge >= 0.3 is 0 Å². The number of likely N-dealkylation sites (tertiary alicyclic amines) is 1. The summed E-state index contributed by atoms with van der Waals surface area (Å²) in [7, 11) is 0. The minimum Gasteiger partial charge on any atom is -0.357 e. The molecule has 1 aliphatic rings. The molecule has 0 amide bonds. The van der Waals surface area contributed by atoms with Gasteiger partial charge in [-0.15, -0.1) is 35.3 Å². The molecule has 0 bridgehead atoms. The number of hydrogen-bond acceptors (Lipinski definition) is 3. The average Bonchev–Trinajstić information content (AvgIpc) is 3.27. The van der Waals surface area contributed by atoms with Gasteiger partial charge in [-0.3, -0.25) is 4.99 Å². The van der Waals surface area contributed by atoms with Gasteiger partial charge in [0.2, 0.25) is 0 Å². The summed E-state index contributed by atoms with van der Waals surface area (Å²) in [6.07, 6.45) is 1.28. The molecule has 1 aromatic rings. The van der Waals surface area contributed by atoms with E-state index in [9.17, 15) is 0 Å². The highest BCUT2D eigenvalue weighted by atomic mass is 127. The minimum atomic E-state index is 0. The van der Waals surface area contributed by atoms with Gasteiger partial charge in [0.25, 0.3) is 0 Å². The largest absolute Gasteiger partial charge is 0.357 e. The Morgan fingerprint density at radius 1 is 1.40 bits per heavy atom. The standard InChI is InChI=1S/C19H34N4S.HI/c1-5-20-19(21-13-16(4)18-9-8-12-24-18)23-11-10-17(15-23)14-22(6-2)7-3;/h8-9,12,16-17H,5-7,10-11,13-15H2,1-4H3,(H,20,21);1H. The molecule has 0 saturated carbocycles. The molecule has 0 radical (unpaired) electrons. The van der Waals surface area contributed by atoms with Gasteiger partial charge in [0, 0.05) is 37.0 Å². The van der Waals surface area contributed by atoms with Crippen molar-refractivity contribution in [2.75, 3.05) is 45.8 Å². The first kappa shape index (κ1) is 22.7. The lowest BCUT2D eigenvalue weighted by Gasteiger charge is -2.24. The van der Waals surface area contributed by atoms with Crippen molar-refractivity contribution >= 4 is 41.3 Å². The van der Waals surface area contributed by atoms with Crippen molar-refractivity contribution in [3.05, 3.63) is 22.4 Å². The maximum Gasteiger partial charge on any atom is 0.193 e. The number of hydrogen-bond donors (Lipinski definition) is 1. The lowest BCUT2D eigenvalue weighted by Crippen LogP contribution is -2.41. The summed E-state index contributed by atoms with van der Waals surface area (Å²) in [5, 5.41) is 5.64. The van der Waals surface area contributed by atoms with Gasteiger partial charge < -0.3 is 15.1 Å². The van der Waals surface area contributed by atoms with E-state index in [2.05, 4.69) is 60.3 Å². The fraction of sp³-hybridized carbons (Fsp3) is 0.737. The summed E-state index contributed by atoms with van der Waals surface area (Å²) in [5.74, 6) is 2.36. The molecule has 2 unspecified atom stereocenters. The normalized spacial score (nSPS) is 19.2. The van der Waals surface area contributed by atoms with Crippen LogP contribution in [0.5, 0.6) is 0 Å². The van der Waals surface area contributed by atoms with Gasteiger partial charge in [0.05, 0.1) is 6.54 Å². The first-order valence-corrected chi connectivity index (χ1v) is 10.3. The second-order valence-electron chi connectivity index (χ2n) is 6.70. The summed E-state index contributed by atoms with van der Waals surface area (Å²) in [6.45, 7) is 16.5. The van der Waals surface area contributed by atoms with Crippen molar-refractivity contribution in [1.29, 1.82) is 0 Å². The lowest BCUT2D eigenvalue weighted by molar-refractivity contribution is 0.255. The van der Waals surface area contributed by atoms with Crippen molar-refractivity contribution in [2.24, 2.45) is 10.9 Å². The van der Waals surface area contributed by atoms with E-state index in [-0.39, 0.29) is 24.0 Å². The van der Waals surface area contributed by atoms with Gasteiger partial charge in [0.15, 0.2) is 5.96 Å². The van der Waals surface area contributed by atoms with Gasteiger partial charge in [-0.2, -0.15) is 0 Å². The summed E-state index contributed by atoms with van der Waals surface area (Å²) < 4.78 is 0. The number of thiophene rings is 1. The Labute approximate surface area is 175 Å². The van der Waals surface area contributed by atoms with E-state index in [1.54, 1.807) is 0 Å². The molecule has 144 valence electrons. The van der Waals surface area contributed by atoms with E-state index in [1.807, 2.05) is 11.3 Å². The van der Waals surface area contributed by atoms with Crippen molar-refractivity contribution in [3.63, 3.8) is 0 Å². The first-order chi connectivity index (χ1) is 11.7. The predicted molar refractivity (Wildman–Crippen MR) is 122 cm³/mol. The van der Waals surface area contributed by atoms with E-state index in [0.29, 0.717) is 5.92 Å². The molecule has 25 heavy (non-hydrogen) atoms. The quantitative estimate of drug-likeness (QED) is 0.347. The number of nitrogens with zero attached hydrogens (tertiary/aromatic N) is 3. The van der Waals surface area contributed by atoms with Crippen LogP contribution in [0, 0.1) is 5.92 Å². The third kappa shape index (κ3) is 7.06. The Morgan fingerprint density at radius 3 is 2.76 bits per heavy atom. The Kier molecular flexibility index (Phi) is 11.0. The molecule has 0 spiro atoms. The van der Waals surface area contributed by atoms with Gasteiger partial charge in [0.1, 0.15) is 0 Å². The number of aliphatic imine (C=N–C) groups is 1. The third-order valence-corrected chi connectivity index (χ3v) is 5.98. The predicted octanol–water partition coefficient (Wildman–Crippen LogP) is 4.10. The van der Waals surface area contributed by atoms with Crippen LogP contribution in [0.3, 0.4) is 0 Å². The number of halogens is 1. The zero-order valence-corrected chi connectivity index (χ0v) is 19.3. The summed E-state index contributed by atoms with van der Waals surface area (Å²) in [6, 6.07) is 4.34. The van der Waals surface area contributed by atoms with Crippen molar-refractivity contribution in [2.45, 2.75) is 40.0 Å². The monoisotopic (exact) mass is 478 g/mol. The number of nitrogens with one attached hydrogen (secondary N) is 1. The summed E-state index contributed by atoms with van der Waals surface area (Å²) in [5.41, 5.74) is 0. The zero-order valence-electron chi connectivity index (χ0n) is 16.2. The SMILES string of the molecule is CCNC(=NCC(C)c1cccs1)N1CCC(CN(CC)CC)C1.I. The van der Waals surface area contributed by atoms with Crippen LogP contribution in [0.15, 0.2) is 22.5 Å². The molecule has 1 N–H and O–H groups in total. The molecule has 2 heterocycles. The van der Waals surface area contributed by atoms with Gasteiger partial charge in [-0.05, 0) is 43.8 Å². The van der Waals surface area contributed by atoms with Crippen LogP contribution < -0.4 is 5.32 Å². The van der Waals surface area contributed by atoms with E-state index in [1.165, 1.54) is 17.8 Å². The molecular formula is C19H35IN4S. The molecule has 4 nitrogen and oxygen atoms in total. The fourth-order valence-corrected chi connectivity index (χ4v) is 4.11. The molecule has 1 aliphatic heterocycles. The highest BCUT2D eigenvalue weighted by molar-refractivity contribution is 14.0. The molecule has 2 rings (SSSR count). The summed E-state index contributed by atoms with van der Waals surface area (Å²) in [4.78, 5) is 11.4. The maximum atomic E-state index is 4.93. The molecule has 1 saturated heterocycles. The third-order valence-electron chi connectivity index (χ3n) is 4.87. The smallest absolute Gasteiger partial charge is 0.193 e. The second kappa shape index (κ2) is 12.1. The first-order valence-electron chi connectivity index (χ1n) is 9.46. The van der Waals surface area contributed by atoms with Gasteiger partial charge in [-0.1, -0.05) is 26.8 Å². The highest BCUT2D eigenvalue weighted by Gasteiger charge is 2.26. The molecule has 1 aromatic heterocycles. The van der Waals surface area contributed by atoms with Crippen LogP contribution >= 0.6 is 35.3 Å². The number of rotatable bonds is 8. The molecule has 0 aromatic carbocycles. The summed E-state index contributed by atoms with van der Waals surface area (Å²) >= 11 is 1.83. The van der Waals surface area contributed by atoms with E-state index < -0.39 is 0 Å². The Morgan fingerprint density at radius 2 is 2.16 bits per heavy atom. The fourth-order valence-electron chi connectivity index (χ4n) is 3.33. The van der Waals surface area contributed by atoms with E-state index in [0.717, 1.165) is 51.1 Å². The molecule has 2 atom stereocenters. The van der Waals surface area contributed by atoms with Crippen LogP contribution in [0.25, 0.3) is 0 Å². The Hall–Kier alpha value is -0.340. The molecule has 1 fully saturated rings. The van der Waals surface area contributed by atoms with E-state index in [4.69, 9.17) is 4.99 Å². The lowest BCUT2D eigenvalue weighted by atomic mass is 10.1. The average molecular weight is 478 g/mol. The maximum absolute atomic E-state index is 4.93. The van der Waals surface area contributed by atoms with E-state index >= 15 is 0 Å². The highest BCUT2D eigenvalue weighted by Crippen LogP contribution is 2.22. The van der Waals surface area contributed by atoms with Crippen molar-refractivity contribution in [1.82, 2.24) is 15.1 Å². The van der Waals surface area contributed by atoms with Crippen LogP contribution in [0.4, 0.5) is 0 Å². The molecular weight excluding hydrogens is 443 g/mol. The van der Waals surface area contributed by atoms with Crippen LogP contribution in [0.2, 0.25) is 0 Å². The minimum absolute atomic E-state index is 0. The van der Waals surface area contributed by atoms with Crippen molar-refractivity contribution < 1.29 is 0 Å². The Bertz CT molecular complexity index is 488. The second-order valence-corrected chi connectivity index (χ2v) is 7.68.